The molecule has 0 unspecified atom stereocenters. The summed E-state index contributed by atoms with van der Waals surface area (Å²) in [4.78, 5) is 25.3. The number of methoxy groups -OCH3 is 1. The van der Waals surface area contributed by atoms with Crippen molar-refractivity contribution in [1.29, 1.82) is 0 Å². The monoisotopic (exact) mass is 336 g/mol. The number of hydrogen-bond donors (Lipinski definition) is 1. The Bertz CT molecular complexity index is 976. The maximum Gasteiger partial charge on any atom is 0.257 e. The van der Waals surface area contributed by atoms with Crippen LogP contribution in [0.25, 0.3) is 10.9 Å². The van der Waals surface area contributed by atoms with Gasteiger partial charge in [0.25, 0.3) is 5.91 Å². The normalized spacial score (nSPS) is 10.6. The van der Waals surface area contributed by atoms with Crippen molar-refractivity contribution in [2.75, 3.05) is 7.11 Å². The van der Waals surface area contributed by atoms with Gasteiger partial charge in [-0.25, -0.2) is 0 Å². The summed E-state index contributed by atoms with van der Waals surface area (Å²) in [6, 6.07) is 14.8. The number of hydrogen-bond acceptors (Lipinski definition) is 3. The number of carbonyl (C=O) groups is 1. The molecular weight excluding hydrogens is 316 g/mol. The highest BCUT2D eigenvalue weighted by molar-refractivity contribution is 5.97. The molecule has 1 heterocycles. The number of para-hydroxylation sites is 2. The second-order valence-electron chi connectivity index (χ2n) is 5.67. The predicted octanol–water partition coefficient (Wildman–Crippen LogP) is 2.96. The molecule has 3 aromatic rings. The molecule has 25 heavy (non-hydrogen) atoms. The number of nitrogens with zero attached hydrogens (tertiary/aromatic N) is 1. The summed E-state index contributed by atoms with van der Waals surface area (Å²) in [5, 5.41) is 3.36. The van der Waals surface area contributed by atoms with Gasteiger partial charge in [0.1, 0.15) is 11.3 Å². The number of ether oxygens (including phenoxy) is 1. The van der Waals surface area contributed by atoms with Crippen LogP contribution in [0.5, 0.6) is 5.75 Å². The van der Waals surface area contributed by atoms with Crippen LogP contribution in [0.1, 0.15) is 22.8 Å². The van der Waals surface area contributed by atoms with E-state index in [0.29, 0.717) is 24.2 Å². The average molecular weight is 336 g/mol. The van der Waals surface area contributed by atoms with E-state index in [0.717, 1.165) is 11.1 Å². The molecule has 0 saturated heterocycles. The molecular formula is C20H20N2O3. The summed E-state index contributed by atoms with van der Waals surface area (Å²) in [5.41, 5.74) is 1.58. The molecule has 128 valence electrons. The molecule has 0 fully saturated rings. The molecule has 0 aliphatic carbocycles. The number of aryl methyl sites for hydroxylation is 1. The second kappa shape index (κ2) is 7.21. The Morgan fingerprint density at radius 1 is 1.12 bits per heavy atom. The zero-order valence-corrected chi connectivity index (χ0v) is 14.3. The van der Waals surface area contributed by atoms with Crippen LogP contribution in [0, 0.1) is 0 Å². The number of nitrogens with one attached hydrogen (secondary N) is 1. The van der Waals surface area contributed by atoms with Crippen LogP contribution in [-0.4, -0.2) is 17.6 Å². The summed E-state index contributed by atoms with van der Waals surface area (Å²) < 4.78 is 7.20. The third-order valence-corrected chi connectivity index (χ3v) is 4.20. The second-order valence-corrected chi connectivity index (χ2v) is 5.67. The van der Waals surface area contributed by atoms with Crippen molar-refractivity contribution in [2.45, 2.75) is 20.0 Å². The average Bonchev–Trinajstić information content (AvgIpc) is 2.67. The summed E-state index contributed by atoms with van der Waals surface area (Å²) in [6.07, 6.45) is 1.63. The highest BCUT2D eigenvalue weighted by atomic mass is 16.5. The summed E-state index contributed by atoms with van der Waals surface area (Å²) in [7, 11) is 1.59. The first-order valence-corrected chi connectivity index (χ1v) is 8.18. The minimum Gasteiger partial charge on any atom is -0.496 e. The van der Waals surface area contributed by atoms with Gasteiger partial charge in [-0.15, -0.1) is 0 Å². The fraction of sp³-hybridized carbons (Fsp3) is 0.200. The van der Waals surface area contributed by atoms with Crippen LogP contribution in [0.4, 0.5) is 0 Å². The highest BCUT2D eigenvalue weighted by Crippen LogP contribution is 2.17. The maximum atomic E-state index is 12.7. The van der Waals surface area contributed by atoms with Gasteiger partial charge in [0.15, 0.2) is 0 Å². The van der Waals surface area contributed by atoms with Gasteiger partial charge in [-0.2, -0.15) is 0 Å². The number of rotatable bonds is 5. The number of aromatic nitrogens is 1. The van der Waals surface area contributed by atoms with E-state index >= 15 is 0 Å². The molecule has 5 heteroatoms. The fourth-order valence-electron chi connectivity index (χ4n) is 2.89. The topological polar surface area (TPSA) is 60.3 Å². The van der Waals surface area contributed by atoms with Gasteiger partial charge in [-0.05, 0) is 25.1 Å². The Kier molecular flexibility index (Phi) is 4.84. The lowest BCUT2D eigenvalue weighted by Gasteiger charge is -2.12. The minimum absolute atomic E-state index is 0.149. The third kappa shape index (κ3) is 3.26. The van der Waals surface area contributed by atoms with E-state index in [9.17, 15) is 9.59 Å². The first-order chi connectivity index (χ1) is 12.2. The largest absolute Gasteiger partial charge is 0.496 e. The summed E-state index contributed by atoms with van der Waals surface area (Å²) >= 11 is 0. The molecule has 2 aromatic carbocycles. The smallest absolute Gasteiger partial charge is 0.257 e. The Hall–Kier alpha value is -3.08. The Balaban J connectivity index is 1.92. The lowest BCUT2D eigenvalue weighted by molar-refractivity contribution is 0.0949. The van der Waals surface area contributed by atoms with Crippen molar-refractivity contribution in [3.05, 3.63) is 76.1 Å². The van der Waals surface area contributed by atoms with Gasteiger partial charge in [-0.3, -0.25) is 9.59 Å². The number of pyridine rings is 1. The van der Waals surface area contributed by atoms with Gasteiger partial charge >= 0.3 is 0 Å². The highest BCUT2D eigenvalue weighted by Gasteiger charge is 2.15. The predicted molar refractivity (Wildman–Crippen MR) is 98.0 cm³/mol. The molecule has 1 N–H and O–H groups in total. The zero-order valence-electron chi connectivity index (χ0n) is 14.3. The van der Waals surface area contributed by atoms with Crippen LogP contribution >= 0.6 is 0 Å². The van der Waals surface area contributed by atoms with Gasteiger partial charge in [0.05, 0.1) is 12.6 Å². The van der Waals surface area contributed by atoms with Crippen molar-refractivity contribution < 1.29 is 9.53 Å². The fourth-order valence-corrected chi connectivity index (χ4v) is 2.89. The quantitative estimate of drug-likeness (QED) is 0.779. The maximum absolute atomic E-state index is 12.7. The first-order valence-electron chi connectivity index (χ1n) is 8.18. The van der Waals surface area contributed by atoms with E-state index in [2.05, 4.69) is 5.32 Å². The van der Waals surface area contributed by atoms with Crippen molar-refractivity contribution in [1.82, 2.24) is 9.88 Å². The Morgan fingerprint density at radius 3 is 2.60 bits per heavy atom. The van der Waals surface area contributed by atoms with E-state index < -0.39 is 0 Å². The van der Waals surface area contributed by atoms with Gasteiger partial charge in [-0.1, -0.05) is 30.3 Å². The third-order valence-electron chi connectivity index (χ3n) is 4.20. The van der Waals surface area contributed by atoms with Crippen molar-refractivity contribution in [3.63, 3.8) is 0 Å². The van der Waals surface area contributed by atoms with E-state index in [1.165, 1.54) is 0 Å². The number of fused-ring (bicyclic) bond motifs is 1. The Morgan fingerprint density at radius 2 is 1.84 bits per heavy atom. The molecule has 0 bridgehead atoms. The van der Waals surface area contributed by atoms with Crippen LogP contribution in [0.2, 0.25) is 0 Å². The van der Waals surface area contributed by atoms with Crippen molar-refractivity contribution in [2.24, 2.45) is 0 Å². The molecule has 0 atom stereocenters. The van der Waals surface area contributed by atoms with Crippen LogP contribution < -0.4 is 15.5 Å². The van der Waals surface area contributed by atoms with Gasteiger partial charge < -0.3 is 14.6 Å². The molecule has 1 amide bonds. The lowest BCUT2D eigenvalue weighted by atomic mass is 10.1. The van der Waals surface area contributed by atoms with E-state index in [1.54, 1.807) is 25.4 Å². The van der Waals surface area contributed by atoms with Crippen molar-refractivity contribution in [3.8, 4) is 5.75 Å². The summed E-state index contributed by atoms with van der Waals surface area (Å²) in [5.74, 6) is 0.316. The van der Waals surface area contributed by atoms with Gasteiger partial charge in [0.2, 0.25) is 5.43 Å². The van der Waals surface area contributed by atoms with E-state index in [1.807, 2.05) is 47.9 Å². The molecule has 0 radical (unpaired) electrons. The Labute approximate surface area is 145 Å². The summed E-state index contributed by atoms with van der Waals surface area (Å²) in [6.45, 7) is 2.95. The van der Waals surface area contributed by atoms with Gasteiger partial charge in [0, 0.05) is 30.2 Å². The number of amides is 1. The molecule has 0 spiro atoms. The molecule has 0 saturated carbocycles. The number of carbonyl (C=O) groups excluding carboxylic acids is 1. The van der Waals surface area contributed by atoms with Crippen LogP contribution in [0.15, 0.2) is 59.5 Å². The van der Waals surface area contributed by atoms with Crippen LogP contribution in [-0.2, 0) is 13.1 Å². The number of benzene rings is 2. The molecule has 1 aromatic heterocycles. The molecule has 0 aliphatic rings. The van der Waals surface area contributed by atoms with Crippen molar-refractivity contribution >= 4 is 16.8 Å². The SMILES string of the molecule is CCn1cc(C(=O)NCc2ccccc2OC)c(=O)c2ccccc21. The van der Waals surface area contributed by atoms with Crippen LogP contribution in [0.3, 0.4) is 0 Å². The minimum atomic E-state index is -0.385. The zero-order chi connectivity index (χ0) is 17.8. The van der Waals surface area contributed by atoms with E-state index in [-0.39, 0.29) is 16.9 Å². The molecule has 5 nitrogen and oxygen atoms in total. The van der Waals surface area contributed by atoms with E-state index in [4.69, 9.17) is 4.74 Å². The standard InChI is InChI=1S/C20H20N2O3/c1-3-22-13-16(19(23)15-9-5-6-10-17(15)22)20(24)21-12-14-8-4-7-11-18(14)25-2/h4-11,13H,3,12H2,1-2H3,(H,21,24). The molecule has 3 rings (SSSR count). The first kappa shape index (κ1) is 16.8. The lowest BCUT2D eigenvalue weighted by Crippen LogP contribution is -2.29. The molecule has 0 aliphatic heterocycles.